The Morgan fingerprint density at radius 1 is 0.933 bits per heavy atom. The van der Waals surface area contributed by atoms with E-state index in [-0.39, 0.29) is 11.1 Å². The van der Waals surface area contributed by atoms with Crippen LogP contribution in [0.25, 0.3) is 0 Å². The summed E-state index contributed by atoms with van der Waals surface area (Å²) in [6.45, 7) is 16.5. The van der Waals surface area contributed by atoms with Crippen molar-refractivity contribution in [3.8, 4) is 0 Å². The largest absolute Gasteiger partial charge is 0.326 e. The molecule has 0 bridgehead atoms. The van der Waals surface area contributed by atoms with Gasteiger partial charge in [-0.15, -0.1) is 0 Å². The third-order valence-electron chi connectivity index (χ3n) is 2.35. The van der Waals surface area contributed by atoms with Crippen molar-refractivity contribution in [3.05, 3.63) is 0 Å². The molecule has 0 rings (SSSR count). The van der Waals surface area contributed by atoms with Crippen molar-refractivity contribution in [1.82, 2.24) is 5.32 Å². The highest BCUT2D eigenvalue weighted by Crippen LogP contribution is 2.26. The van der Waals surface area contributed by atoms with Crippen molar-refractivity contribution in [1.29, 1.82) is 0 Å². The molecule has 0 heterocycles. The molecule has 2 heteroatoms. The lowest BCUT2D eigenvalue weighted by Crippen LogP contribution is -2.45. The van der Waals surface area contributed by atoms with Gasteiger partial charge in [-0.3, -0.25) is 0 Å². The number of nitrogens with one attached hydrogen (secondary N) is 1. The minimum Gasteiger partial charge on any atom is -0.326 e. The zero-order valence-electron chi connectivity index (χ0n) is 11.7. The Morgan fingerprint density at radius 2 is 1.40 bits per heavy atom. The van der Waals surface area contributed by atoms with Crippen LogP contribution in [-0.2, 0) is 0 Å². The fourth-order valence-electron chi connectivity index (χ4n) is 2.11. The second-order valence-corrected chi connectivity index (χ2v) is 7.29. The first-order valence-electron chi connectivity index (χ1n) is 5.95. The van der Waals surface area contributed by atoms with E-state index in [0.29, 0.717) is 5.41 Å². The molecule has 0 saturated carbocycles. The SMILES string of the molecule is CC(C)(C)CC(C)(C)NCCC(C)(C)N. The van der Waals surface area contributed by atoms with E-state index in [9.17, 15) is 0 Å². The van der Waals surface area contributed by atoms with Gasteiger partial charge in [-0.05, 0) is 52.5 Å². The number of nitrogens with two attached hydrogens (primary N) is 1. The highest BCUT2D eigenvalue weighted by atomic mass is 15.0. The molecule has 2 nitrogen and oxygen atoms in total. The minimum absolute atomic E-state index is 0.0647. The van der Waals surface area contributed by atoms with E-state index in [1.807, 2.05) is 0 Å². The minimum atomic E-state index is -0.0647. The molecule has 0 unspecified atom stereocenters. The third-order valence-corrected chi connectivity index (χ3v) is 2.35. The maximum Gasteiger partial charge on any atom is 0.0130 e. The second kappa shape index (κ2) is 4.84. The maximum absolute atomic E-state index is 5.95. The average molecular weight is 214 g/mol. The first-order chi connectivity index (χ1) is 6.41. The summed E-state index contributed by atoms with van der Waals surface area (Å²) >= 11 is 0. The van der Waals surface area contributed by atoms with Gasteiger partial charge in [0.25, 0.3) is 0 Å². The molecule has 15 heavy (non-hydrogen) atoms. The summed E-state index contributed by atoms with van der Waals surface area (Å²) in [5, 5.41) is 3.59. The van der Waals surface area contributed by atoms with Gasteiger partial charge in [0.2, 0.25) is 0 Å². The molecule has 3 N–H and O–H groups in total. The molecule has 0 fully saturated rings. The van der Waals surface area contributed by atoms with Crippen LogP contribution in [0.1, 0.15) is 61.3 Å². The molecule has 0 radical (unpaired) electrons. The molecule has 0 aliphatic heterocycles. The van der Waals surface area contributed by atoms with E-state index in [2.05, 4.69) is 53.8 Å². The van der Waals surface area contributed by atoms with Crippen LogP contribution >= 0.6 is 0 Å². The molecule has 0 aromatic rings. The molecular formula is C13H30N2. The van der Waals surface area contributed by atoms with Crippen molar-refractivity contribution in [2.45, 2.75) is 72.4 Å². The standard InChI is InChI=1S/C13H30N2/c1-11(2,3)10-13(6,7)15-9-8-12(4,5)14/h15H,8-10,14H2,1-7H3. The number of hydrogen-bond donors (Lipinski definition) is 2. The van der Waals surface area contributed by atoms with Crippen molar-refractivity contribution in [3.63, 3.8) is 0 Å². The Morgan fingerprint density at radius 3 is 1.73 bits per heavy atom. The predicted octanol–water partition coefficient (Wildman–Crippen LogP) is 2.92. The third kappa shape index (κ3) is 10.2. The molecule has 0 aromatic carbocycles. The molecule has 92 valence electrons. The van der Waals surface area contributed by atoms with Crippen molar-refractivity contribution in [2.75, 3.05) is 6.54 Å². The lowest BCUT2D eigenvalue weighted by molar-refractivity contribution is 0.237. The van der Waals surface area contributed by atoms with Crippen LogP contribution in [0.3, 0.4) is 0 Å². The normalized spacial score (nSPS) is 14.4. The monoisotopic (exact) mass is 214 g/mol. The van der Waals surface area contributed by atoms with Gasteiger partial charge in [0.15, 0.2) is 0 Å². The van der Waals surface area contributed by atoms with E-state index in [0.717, 1.165) is 13.0 Å². The molecule has 0 aliphatic carbocycles. The zero-order chi connectivity index (χ0) is 12.3. The summed E-state index contributed by atoms with van der Waals surface area (Å²) in [7, 11) is 0. The number of hydrogen-bond acceptors (Lipinski definition) is 2. The van der Waals surface area contributed by atoms with Crippen molar-refractivity contribution < 1.29 is 0 Å². The van der Waals surface area contributed by atoms with Crippen LogP contribution in [0, 0.1) is 5.41 Å². The fraction of sp³-hybridized carbons (Fsp3) is 1.00. The summed E-state index contributed by atoms with van der Waals surface area (Å²) in [5.74, 6) is 0. The predicted molar refractivity (Wildman–Crippen MR) is 69.0 cm³/mol. The second-order valence-electron chi connectivity index (χ2n) is 7.29. The van der Waals surface area contributed by atoms with Crippen LogP contribution in [-0.4, -0.2) is 17.6 Å². The first kappa shape index (κ1) is 14.9. The van der Waals surface area contributed by atoms with Gasteiger partial charge in [0.05, 0.1) is 0 Å². The van der Waals surface area contributed by atoms with Crippen LogP contribution in [0.15, 0.2) is 0 Å². The van der Waals surface area contributed by atoms with Crippen molar-refractivity contribution in [2.24, 2.45) is 11.1 Å². The highest BCUT2D eigenvalue weighted by Gasteiger charge is 2.25. The molecular weight excluding hydrogens is 184 g/mol. The van der Waals surface area contributed by atoms with Gasteiger partial charge in [-0.25, -0.2) is 0 Å². The molecule has 0 aromatic heterocycles. The Balaban J connectivity index is 3.95. The molecule has 0 spiro atoms. The molecule has 0 amide bonds. The van der Waals surface area contributed by atoms with E-state index >= 15 is 0 Å². The summed E-state index contributed by atoms with van der Waals surface area (Å²) in [6, 6.07) is 0. The van der Waals surface area contributed by atoms with Crippen LogP contribution < -0.4 is 11.1 Å². The van der Waals surface area contributed by atoms with E-state index in [1.54, 1.807) is 0 Å². The van der Waals surface area contributed by atoms with Gasteiger partial charge in [-0.2, -0.15) is 0 Å². The Kier molecular flexibility index (Phi) is 4.81. The lowest BCUT2D eigenvalue weighted by atomic mass is 9.81. The maximum atomic E-state index is 5.95. The smallest absolute Gasteiger partial charge is 0.0130 e. The zero-order valence-corrected chi connectivity index (χ0v) is 11.7. The molecule has 0 atom stereocenters. The van der Waals surface area contributed by atoms with Gasteiger partial charge in [0.1, 0.15) is 0 Å². The van der Waals surface area contributed by atoms with Gasteiger partial charge < -0.3 is 11.1 Å². The highest BCUT2D eigenvalue weighted by molar-refractivity contribution is 4.84. The summed E-state index contributed by atoms with van der Waals surface area (Å²) < 4.78 is 0. The molecule has 0 saturated heterocycles. The summed E-state index contributed by atoms with van der Waals surface area (Å²) in [5.41, 5.74) is 6.46. The van der Waals surface area contributed by atoms with Crippen molar-refractivity contribution >= 4 is 0 Å². The Labute approximate surface area is 96.0 Å². The summed E-state index contributed by atoms with van der Waals surface area (Å²) in [6.07, 6.45) is 2.19. The summed E-state index contributed by atoms with van der Waals surface area (Å²) in [4.78, 5) is 0. The number of rotatable bonds is 5. The van der Waals surface area contributed by atoms with Crippen LogP contribution in [0.5, 0.6) is 0 Å². The average Bonchev–Trinajstić information content (AvgIpc) is 1.75. The molecule has 0 aliphatic rings. The van der Waals surface area contributed by atoms with Gasteiger partial charge >= 0.3 is 0 Å². The van der Waals surface area contributed by atoms with Crippen LogP contribution in [0.2, 0.25) is 0 Å². The van der Waals surface area contributed by atoms with E-state index < -0.39 is 0 Å². The fourth-order valence-corrected chi connectivity index (χ4v) is 2.11. The van der Waals surface area contributed by atoms with E-state index in [4.69, 9.17) is 5.73 Å². The first-order valence-corrected chi connectivity index (χ1v) is 5.95. The lowest BCUT2D eigenvalue weighted by Gasteiger charge is -2.34. The van der Waals surface area contributed by atoms with Crippen LogP contribution in [0.4, 0.5) is 0 Å². The van der Waals surface area contributed by atoms with Gasteiger partial charge in [-0.1, -0.05) is 20.8 Å². The topological polar surface area (TPSA) is 38.0 Å². The van der Waals surface area contributed by atoms with E-state index in [1.165, 1.54) is 6.42 Å². The Bertz CT molecular complexity index is 182. The Hall–Kier alpha value is -0.0800. The quantitative estimate of drug-likeness (QED) is 0.738. The van der Waals surface area contributed by atoms with Gasteiger partial charge in [0, 0.05) is 11.1 Å².